The SMILES string of the molecule is [2H]C([2H])([2H])c1cc(-c2cc(C([2H])(C)C)cc(C([2H])(C)C)c2)ccc1-n1c(-c2ccccc2O)nc2c(-c3cc(-c4ccccc4)cc(-c4cc(-c5ccc(-c6ccccc6)cc5)ccn4)c3)cccc21. The minimum Gasteiger partial charge on any atom is -0.507 e. The molecular formula is C61H51N3O. The number of pyridine rings is 1. The number of benzene rings is 8. The second-order valence-electron chi connectivity index (χ2n) is 17.0. The van der Waals surface area contributed by atoms with Crippen LogP contribution < -0.4 is 0 Å². The number of phenols is 1. The van der Waals surface area contributed by atoms with Crippen molar-refractivity contribution < 1.29 is 12.0 Å². The van der Waals surface area contributed by atoms with Gasteiger partial charge < -0.3 is 5.11 Å². The second-order valence-corrected chi connectivity index (χ2v) is 17.0. The van der Waals surface area contributed by atoms with E-state index in [1.165, 1.54) is 0 Å². The third-order valence-electron chi connectivity index (χ3n) is 12.2. The smallest absolute Gasteiger partial charge is 0.149 e. The van der Waals surface area contributed by atoms with Crippen molar-refractivity contribution in [2.75, 3.05) is 0 Å². The minimum atomic E-state index is -2.58. The van der Waals surface area contributed by atoms with Crippen molar-refractivity contribution in [2.24, 2.45) is 0 Å². The number of aromatic hydroxyl groups is 1. The van der Waals surface area contributed by atoms with E-state index in [0.29, 0.717) is 33.7 Å². The number of hydrogen-bond donors (Lipinski definition) is 1. The molecule has 1 N–H and O–H groups in total. The van der Waals surface area contributed by atoms with E-state index < -0.39 is 18.6 Å². The fourth-order valence-electron chi connectivity index (χ4n) is 8.68. The number of aryl methyl sites for hydroxylation is 1. The highest BCUT2D eigenvalue weighted by atomic mass is 16.3. The molecule has 8 aromatic carbocycles. The Labute approximate surface area is 389 Å². The number of aromatic nitrogens is 3. The molecule has 10 rings (SSSR count). The Balaban J connectivity index is 1.16. The lowest BCUT2D eigenvalue weighted by molar-refractivity contribution is 0.477. The van der Waals surface area contributed by atoms with Gasteiger partial charge in [0.1, 0.15) is 11.6 Å². The first-order chi connectivity index (χ1) is 33.5. The summed E-state index contributed by atoms with van der Waals surface area (Å²) in [6.45, 7) is 4.65. The molecular weight excluding hydrogens is 791 g/mol. The maximum atomic E-state index is 11.4. The molecule has 0 aliphatic carbocycles. The van der Waals surface area contributed by atoms with Gasteiger partial charge in [-0.3, -0.25) is 9.55 Å². The van der Waals surface area contributed by atoms with Gasteiger partial charge in [0.2, 0.25) is 0 Å². The molecule has 2 heterocycles. The van der Waals surface area contributed by atoms with Crippen molar-refractivity contribution in [1.29, 1.82) is 0 Å². The summed E-state index contributed by atoms with van der Waals surface area (Å²) < 4.78 is 46.5. The third kappa shape index (κ3) is 8.16. The summed E-state index contributed by atoms with van der Waals surface area (Å²) in [5, 5.41) is 11.4. The maximum Gasteiger partial charge on any atom is 0.149 e. The zero-order valence-electron chi connectivity index (χ0n) is 41.8. The molecule has 0 aliphatic heterocycles. The van der Waals surface area contributed by atoms with Crippen LogP contribution in [0.4, 0.5) is 0 Å². The average molecular weight is 847 g/mol. The summed E-state index contributed by atoms with van der Waals surface area (Å²) in [4.78, 5) is 10.2. The quantitative estimate of drug-likeness (QED) is 0.149. The van der Waals surface area contributed by atoms with Crippen molar-refractivity contribution >= 4 is 11.0 Å². The highest BCUT2D eigenvalue weighted by Crippen LogP contribution is 2.41. The molecule has 0 fully saturated rings. The number of hydrogen-bond acceptors (Lipinski definition) is 3. The van der Waals surface area contributed by atoms with Gasteiger partial charge in [-0.05, 0) is 146 Å². The Kier molecular flexibility index (Phi) is 9.53. The number of fused-ring (bicyclic) bond motifs is 1. The van der Waals surface area contributed by atoms with Gasteiger partial charge in [-0.15, -0.1) is 0 Å². The molecule has 0 bridgehead atoms. The molecule has 10 aromatic rings. The summed E-state index contributed by atoms with van der Waals surface area (Å²) in [6.07, 6.45) is 1.85. The van der Waals surface area contributed by atoms with E-state index in [9.17, 15) is 5.11 Å². The number of para-hydroxylation sites is 2. The van der Waals surface area contributed by atoms with Gasteiger partial charge in [-0.25, -0.2) is 4.98 Å². The van der Waals surface area contributed by atoms with Crippen molar-refractivity contribution in [2.45, 2.75) is 46.3 Å². The average Bonchev–Trinajstić information content (AvgIpc) is 3.75. The van der Waals surface area contributed by atoms with E-state index in [2.05, 4.69) is 72.8 Å². The van der Waals surface area contributed by atoms with Gasteiger partial charge in [-0.1, -0.05) is 161 Å². The van der Waals surface area contributed by atoms with Crippen LogP contribution in [0.25, 0.3) is 95.0 Å². The molecule has 0 amide bonds. The van der Waals surface area contributed by atoms with Crippen LogP contribution in [0.1, 0.15) is 63.0 Å². The third-order valence-corrected chi connectivity index (χ3v) is 12.2. The Morgan fingerprint density at radius 1 is 0.477 bits per heavy atom. The summed E-state index contributed by atoms with van der Waals surface area (Å²) in [5.41, 5.74) is 14.8. The first kappa shape index (κ1) is 35.6. The molecule has 4 heteroatoms. The zero-order valence-corrected chi connectivity index (χ0v) is 36.8. The first-order valence-electron chi connectivity index (χ1n) is 24.4. The molecule has 0 unspecified atom stereocenters. The van der Waals surface area contributed by atoms with Crippen molar-refractivity contribution in [3.63, 3.8) is 0 Å². The monoisotopic (exact) mass is 846 g/mol. The molecule has 0 saturated carbocycles. The van der Waals surface area contributed by atoms with Crippen LogP contribution in [0, 0.1) is 6.85 Å². The Morgan fingerprint density at radius 2 is 1.03 bits per heavy atom. The molecule has 0 spiro atoms. The van der Waals surface area contributed by atoms with E-state index >= 15 is 0 Å². The van der Waals surface area contributed by atoms with E-state index in [4.69, 9.17) is 16.8 Å². The van der Waals surface area contributed by atoms with Gasteiger partial charge in [0.25, 0.3) is 0 Å². The molecule has 2 aromatic heterocycles. The summed E-state index contributed by atoms with van der Waals surface area (Å²) >= 11 is 0. The van der Waals surface area contributed by atoms with Crippen LogP contribution in [0.5, 0.6) is 5.75 Å². The molecule has 0 saturated heterocycles. The number of nitrogens with zero attached hydrogens (tertiary/aromatic N) is 3. The van der Waals surface area contributed by atoms with Crippen molar-refractivity contribution in [1.82, 2.24) is 14.5 Å². The van der Waals surface area contributed by atoms with Crippen molar-refractivity contribution in [3.05, 3.63) is 217 Å². The van der Waals surface area contributed by atoms with Gasteiger partial charge in [0.15, 0.2) is 0 Å². The van der Waals surface area contributed by atoms with Gasteiger partial charge in [-0.2, -0.15) is 0 Å². The van der Waals surface area contributed by atoms with E-state index in [-0.39, 0.29) is 11.3 Å². The highest BCUT2D eigenvalue weighted by Gasteiger charge is 2.22. The highest BCUT2D eigenvalue weighted by molar-refractivity contribution is 5.98. The van der Waals surface area contributed by atoms with Crippen LogP contribution in [-0.2, 0) is 0 Å². The van der Waals surface area contributed by atoms with E-state index in [0.717, 1.165) is 72.5 Å². The predicted octanol–water partition coefficient (Wildman–Crippen LogP) is 16.4. The summed E-state index contributed by atoms with van der Waals surface area (Å²) in [7, 11) is 0. The van der Waals surface area contributed by atoms with Crippen LogP contribution in [0.2, 0.25) is 0 Å². The normalized spacial score (nSPS) is 13.1. The largest absolute Gasteiger partial charge is 0.507 e. The lowest BCUT2D eigenvalue weighted by Crippen LogP contribution is -2.01. The maximum absolute atomic E-state index is 11.4. The second kappa shape index (κ2) is 17.4. The molecule has 65 heavy (non-hydrogen) atoms. The van der Waals surface area contributed by atoms with Gasteiger partial charge >= 0.3 is 0 Å². The molecule has 316 valence electrons. The van der Waals surface area contributed by atoms with Crippen LogP contribution in [-0.4, -0.2) is 19.6 Å². The topological polar surface area (TPSA) is 50.9 Å². The lowest BCUT2D eigenvalue weighted by atomic mass is 9.90. The van der Waals surface area contributed by atoms with Crippen LogP contribution in [0.3, 0.4) is 0 Å². The first-order valence-corrected chi connectivity index (χ1v) is 21.9. The zero-order chi connectivity index (χ0) is 49.0. The molecule has 0 atom stereocenters. The summed E-state index contributed by atoms with van der Waals surface area (Å²) in [6, 6.07) is 63.7. The van der Waals surface area contributed by atoms with E-state index in [1.807, 2.05) is 129 Å². The lowest BCUT2D eigenvalue weighted by Gasteiger charge is -2.17. The predicted molar refractivity (Wildman–Crippen MR) is 271 cm³/mol. The van der Waals surface area contributed by atoms with Gasteiger partial charge in [0.05, 0.1) is 28.0 Å². The van der Waals surface area contributed by atoms with Crippen LogP contribution >= 0.6 is 0 Å². The standard InChI is InChI=1S/C61H51N3O/c1-39(2)48-32-49(40(3)4)34-51(33-48)46-27-28-57(41(5)31-46)64-58-21-14-20-54(60(58)63-61(64)55-19-12-13-22-59(55)65)52-35-50(43-17-10-7-11-18-43)36-53(37-52)56-38-47(29-30-62-56)45-25-23-44(24-26-45)42-15-8-6-9-16-42/h6-40,65H,1-5H3/i5D3,39D,40D. The number of rotatable bonds is 10. The number of phenolic OH excluding ortho intramolecular Hbond substituents is 1. The Morgan fingerprint density at radius 3 is 1.71 bits per heavy atom. The Hall–Kier alpha value is -7.82. The minimum absolute atomic E-state index is 0.00189. The van der Waals surface area contributed by atoms with Gasteiger partial charge in [0, 0.05) is 24.2 Å². The van der Waals surface area contributed by atoms with E-state index in [1.54, 1.807) is 30.3 Å². The number of imidazole rings is 1. The Bertz CT molecular complexity index is 3520. The summed E-state index contributed by atoms with van der Waals surface area (Å²) in [5.74, 6) is -1.54. The van der Waals surface area contributed by atoms with Crippen molar-refractivity contribution in [3.8, 4) is 89.7 Å². The molecule has 0 radical (unpaired) electrons. The molecule has 4 nitrogen and oxygen atoms in total. The molecule has 0 aliphatic rings. The van der Waals surface area contributed by atoms with Crippen LogP contribution in [0.15, 0.2) is 200 Å². The fraction of sp³-hybridized carbons (Fsp3) is 0.115. The fourth-order valence-corrected chi connectivity index (χ4v) is 8.68.